The number of aryl methyl sites for hydroxylation is 1. The lowest BCUT2D eigenvalue weighted by Gasteiger charge is -2.12. The molecule has 3 rings (SSSR count). The Labute approximate surface area is 156 Å². The van der Waals surface area contributed by atoms with Crippen LogP contribution in [0.1, 0.15) is 20.8 Å². The maximum atomic E-state index is 12.7. The fourth-order valence-corrected chi connectivity index (χ4v) is 4.78. The van der Waals surface area contributed by atoms with E-state index in [1.54, 1.807) is 34.9 Å². The molecule has 0 bridgehead atoms. The zero-order valence-corrected chi connectivity index (χ0v) is 16.4. The summed E-state index contributed by atoms with van der Waals surface area (Å²) in [5, 5.41) is 0. The molecule has 138 valence electrons. The Hall–Kier alpha value is -2.32. The van der Waals surface area contributed by atoms with Crippen LogP contribution in [0, 0.1) is 0 Å². The minimum absolute atomic E-state index is 0.00496. The molecule has 0 aliphatic heterocycles. The quantitative estimate of drug-likeness (QED) is 0.694. The highest BCUT2D eigenvalue weighted by Gasteiger charge is 2.17. The van der Waals surface area contributed by atoms with Crippen LogP contribution in [0.25, 0.3) is 10.2 Å². The molecule has 1 N–H and O–H groups in total. The second-order valence-electron chi connectivity index (χ2n) is 6.04. The minimum atomic E-state index is -3.77. The standard InChI is InChI=1S/C18H20N2O4S2/c1-4-20-16-9-8-15(11-17(16)25-18(20)21)26(22,23)19-13-6-5-7-14(10-13)24-12(2)3/h5-12,19H,4H2,1-3H3. The van der Waals surface area contributed by atoms with E-state index in [-0.39, 0.29) is 15.9 Å². The Kier molecular flexibility index (Phi) is 5.06. The molecule has 6 nitrogen and oxygen atoms in total. The molecule has 0 aliphatic rings. The second-order valence-corrected chi connectivity index (χ2v) is 8.72. The summed E-state index contributed by atoms with van der Waals surface area (Å²) in [6, 6.07) is 11.5. The Morgan fingerprint density at radius 1 is 1.19 bits per heavy atom. The average molecular weight is 393 g/mol. The summed E-state index contributed by atoms with van der Waals surface area (Å²) in [5.74, 6) is 0.592. The molecule has 0 aliphatic carbocycles. The van der Waals surface area contributed by atoms with Crippen LogP contribution >= 0.6 is 11.3 Å². The molecule has 0 fully saturated rings. The number of ether oxygens (including phenoxy) is 1. The van der Waals surface area contributed by atoms with Gasteiger partial charge in [0.15, 0.2) is 0 Å². The van der Waals surface area contributed by atoms with Gasteiger partial charge < -0.3 is 4.74 Å². The van der Waals surface area contributed by atoms with Gasteiger partial charge in [-0.15, -0.1) is 0 Å². The second kappa shape index (κ2) is 7.13. The summed E-state index contributed by atoms with van der Waals surface area (Å²) in [7, 11) is -3.77. The number of benzene rings is 2. The Balaban J connectivity index is 1.93. The van der Waals surface area contributed by atoms with Crippen molar-refractivity contribution in [2.45, 2.75) is 38.3 Å². The topological polar surface area (TPSA) is 77.4 Å². The number of anilines is 1. The van der Waals surface area contributed by atoms with Crippen LogP contribution in [0.3, 0.4) is 0 Å². The van der Waals surface area contributed by atoms with Gasteiger partial charge in [0.05, 0.1) is 26.9 Å². The highest BCUT2D eigenvalue weighted by Crippen LogP contribution is 2.25. The maximum absolute atomic E-state index is 12.7. The summed E-state index contributed by atoms with van der Waals surface area (Å²) < 4.78 is 35.8. The van der Waals surface area contributed by atoms with Crippen molar-refractivity contribution in [2.75, 3.05) is 4.72 Å². The zero-order valence-electron chi connectivity index (χ0n) is 14.7. The fourth-order valence-electron chi connectivity index (χ4n) is 2.63. The molecular formula is C18H20N2O4S2. The van der Waals surface area contributed by atoms with Gasteiger partial charge in [0.1, 0.15) is 5.75 Å². The van der Waals surface area contributed by atoms with Crippen molar-refractivity contribution in [1.82, 2.24) is 4.57 Å². The van der Waals surface area contributed by atoms with E-state index in [4.69, 9.17) is 4.74 Å². The number of rotatable bonds is 6. The van der Waals surface area contributed by atoms with Crippen molar-refractivity contribution >= 4 is 37.3 Å². The lowest BCUT2D eigenvalue weighted by atomic mass is 10.3. The van der Waals surface area contributed by atoms with Crippen LogP contribution in [0.5, 0.6) is 5.75 Å². The predicted octanol–water partition coefficient (Wildman–Crippen LogP) is 3.67. The summed E-state index contributed by atoms with van der Waals surface area (Å²) >= 11 is 1.04. The van der Waals surface area contributed by atoms with Gasteiger partial charge in [-0.3, -0.25) is 14.1 Å². The highest BCUT2D eigenvalue weighted by atomic mass is 32.2. The molecule has 0 saturated heterocycles. The predicted molar refractivity (Wildman–Crippen MR) is 105 cm³/mol. The van der Waals surface area contributed by atoms with E-state index in [0.717, 1.165) is 16.9 Å². The molecule has 26 heavy (non-hydrogen) atoms. The molecule has 1 aromatic heterocycles. The van der Waals surface area contributed by atoms with Crippen LogP contribution in [-0.2, 0) is 16.6 Å². The van der Waals surface area contributed by atoms with Gasteiger partial charge in [-0.1, -0.05) is 17.4 Å². The first-order valence-corrected chi connectivity index (χ1v) is 10.5. The number of sulfonamides is 1. The number of hydrogen-bond acceptors (Lipinski definition) is 5. The van der Waals surface area contributed by atoms with E-state index < -0.39 is 10.0 Å². The molecule has 2 aromatic carbocycles. The van der Waals surface area contributed by atoms with Crippen LogP contribution in [-0.4, -0.2) is 19.1 Å². The molecule has 0 saturated carbocycles. The normalized spacial score (nSPS) is 11.8. The third kappa shape index (κ3) is 3.76. The highest BCUT2D eigenvalue weighted by molar-refractivity contribution is 7.92. The number of aromatic nitrogens is 1. The first kappa shape index (κ1) is 18.5. The van der Waals surface area contributed by atoms with Crippen LogP contribution in [0.4, 0.5) is 5.69 Å². The Bertz CT molecular complexity index is 1100. The SMILES string of the molecule is CCn1c(=O)sc2cc(S(=O)(=O)Nc3cccc(OC(C)C)c3)ccc21. The number of thiazole rings is 1. The molecule has 0 atom stereocenters. The summed E-state index contributed by atoms with van der Waals surface area (Å²) in [6.45, 7) is 6.23. The van der Waals surface area contributed by atoms with Crippen LogP contribution in [0.15, 0.2) is 52.2 Å². The van der Waals surface area contributed by atoms with Gasteiger partial charge in [-0.2, -0.15) is 0 Å². The summed E-state index contributed by atoms with van der Waals surface area (Å²) in [6.07, 6.45) is -0.00496. The zero-order chi connectivity index (χ0) is 18.9. The first-order valence-electron chi connectivity index (χ1n) is 8.23. The third-order valence-electron chi connectivity index (χ3n) is 3.72. The van der Waals surface area contributed by atoms with Crippen molar-refractivity contribution < 1.29 is 13.2 Å². The monoisotopic (exact) mass is 392 g/mol. The third-order valence-corrected chi connectivity index (χ3v) is 6.05. The first-order chi connectivity index (χ1) is 12.3. The molecule has 8 heteroatoms. The lowest BCUT2D eigenvalue weighted by molar-refractivity contribution is 0.242. The fraction of sp³-hybridized carbons (Fsp3) is 0.278. The number of hydrogen-bond donors (Lipinski definition) is 1. The number of nitrogens with zero attached hydrogens (tertiary/aromatic N) is 1. The van der Waals surface area contributed by atoms with Crippen LogP contribution in [0.2, 0.25) is 0 Å². The van der Waals surface area contributed by atoms with Gasteiger partial charge >= 0.3 is 4.87 Å². The van der Waals surface area contributed by atoms with E-state index in [0.29, 0.717) is 22.7 Å². The molecule has 3 aromatic rings. The van der Waals surface area contributed by atoms with E-state index in [9.17, 15) is 13.2 Å². The van der Waals surface area contributed by atoms with Crippen molar-refractivity contribution in [1.29, 1.82) is 0 Å². The van der Waals surface area contributed by atoms with Crippen molar-refractivity contribution in [3.05, 3.63) is 52.1 Å². The van der Waals surface area contributed by atoms with E-state index in [1.807, 2.05) is 20.8 Å². The molecule has 1 heterocycles. The van der Waals surface area contributed by atoms with E-state index in [1.165, 1.54) is 12.1 Å². The largest absolute Gasteiger partial charge is 0.491 e. The van der Waals surface area contributed by atoms with E-state index in [2.05, 4.69) is 4.72 Å². The maximum Gasteiger partial charge on any atom is 0.308 e. The van der Waals surface area contributed by atoms with Gasteiger partial charge in [-0.05, 0) is 51.1 Å². The smallest absolute Gasteiger partial charge is 0.308 e. The summed E-state index contributed by atoms with van der Waals surface area (Å²) in [4.78, 5) is 12.0. The number of fused-ring (bicyclic) bond motifs is 1. The van der Waals surface area contributed by atoms with Crippen molar-refractivity contribution in [3.63, 3.8) is 0 Å². The Morgan fingerprint density at radius 2 is 1.96 bits per heavy atom. The average Bonchev–Trinajstić information content (AvgIpc) is 2.88. The molecule has 0 spiro atoms. The Morgan fingerprint density at radius 3 is 2.65 bits per heavy atom. The van der Waals surface area contributed by atoms with Crippen molar-refractivity contribution in [2.24, 2.45) is 0 Å². The van der Waals surface area contributed by atoms with Crippen molar-refractivity contribution in [3.8, 4) is 5.75 Å². The minimum Gasteiger partial charge on any atom is -0.491 e. The molecule has 0 radical (unpaired) electrons. The van der Waals surface area contributed by atoms with Gasteiger partial charge in [0, 0.05) is 12.6 Å². The van der Waals surface area contributed by atoms with Gasteiger partial charge in [-0.25, -0.2) is 8.42 Å². The van der Waals surface area contributed by atoms with Gasteiger partial charge in [0.25, 0.3) is 10.0 Å². The van der Waals surface area contributed by atoms with Gasteiger partial charge in [0.2, 0.25) is 0 Å². The summed E-state index contributed by atoms with van der Waals surface area (Å²) in [5.41, 5.74) is 1.16. The van der Waals surface area contributed by atoms with E-state index >= 15 is 0 Å². The lowest BCUT2D eigenvalue weighted by Crippen LogP contribution is -2.13. The molecular weight excluding hydrogens is 372 g/mol. The molecule has 0 amide bonds. The molecule has 0 unspecified atom stereocenters. The van der Waals surface area contributed by atoms with Crippen LogP contribution < -0.4 is 14.3 Å². The number of nitrogens with one attached hydrogen (secondary N) is 1.